The summed E-state index contributed by atoms with van der Waals surface area (Å²) in [5.41, 5.74) is 6.18. The highest BCUT2D eigenvalue weighted by atomic mass is 32.1. The molecule has 0 saturated carbocycles. The van der Waals surface area contributed by atoms with Crippen LogP contribution >= 0.6 is 11.3 Å². The Bertz CT molecular complexity index is 1050. The molecular formula is C29H42FN3O4S. The SMILES string of the molecule is CC.CC(C)(F)C(=O)O.CC(C)C[C@@H](/C=C/C(=O)N1CCc2ccccc21)NC(=O)[C@@H](N)Cc1cccs1. The van der Waals surface area contributed by atoms with E-state index in [0.717, 1.165) is 37.3 Å². The minimum atomic E-state index is -2.08. The molecule has 2 heterocycles. The Morgan fingerprint density at radius 1 is 1.18 bits per heavy atom. The van der Waals surface area contributed by atoms with Gasteiger partial charge < -0.3 is 21.1 Å². The summed E-state index contributed by atoms with van der Waals surface area (Å²) < 4.78 is 11.9. The van der Waals surface area contributed by atoms with Gasteiger partial charge in [0.1, 0.15) is 0 Å². The van der Waals surface area contributed by atoms with Crippen molar-refractivity contribution in [3.05, 3.63) is 64.4 Å². The summed E-state index contributed by atoms with van der Waals surface area (Å²) in [5, 5.41) is 12.9. The molecule has 0 unspecified atom stereocenters. The second kappa shape index (κ2) is 16.0. The maximum Gasteiger partial charge on any atom is 0.340 e. The van der Waals surface area contributed by atoms with Crippen molar-refractivity contribution in [1.29, 1.82) is 0 Å². The van der Waals surface area contributed by atoms with Gasteiger partial charge >= 0.3 is 5.97 Å². The molecule has 9 heteroatoms. The Hall–Kier alpha value is -3.04. The molecule has 1 aromatic carbocycles. The molecule has 0 aliphatic carbocycles. The van der Waals surface area contributed by atoms with Crippen LogP contribution in [-0.4, -0.2) is 47.2 Å². The van der Waals surface area contributed by atoms with E-state index in [2.05, 4.69) is 25.2 Å². The highest BCUT2D eigenvalue weighted by molar-refractivity contribution is 7.09. The number of aliphatic carboxylic acids is 1. The summed E-state index contributed by atoms with van der Waals surface area (Å²) in [4.78, 5) is 37.8. The van der Waals surface area contributed by atoms with Gasteiger partial charge in [0.25, 0.3) is 5.91 Å². The van der Waals surface area contributed by atoms with E-state index in [4.69, 9.17) is 10.8 Å². The molecule has 0 bridgehead atoms. The lowest BCUT2D eigenvalue weighted by atomic mass is 10.0. The minimum absolute atomic E-state index is 0.0548. The van der Waals surface area contributed by atoms with Crippen LogP contribution in [0.4, 0.5) is 10.1 Å². The lowest BCUT2D eigenvalue weighted by Gasteiger charge is -2.20. The number of nitrogens with one attached hydrogen (secondary N) is 1. The standard InChI is InChI=1S/C23H29N3O2S.C4H7FO2.C2H6/c1-16(2)14-18(25-23(28)20(24)15-19-7-5-13-29-19)9-10-22(27)26-12-11-17-6-3-4-8-21(17)26;1-4(2,5)3(6)7;1-2/h3-10,13,16,18,20H,11-12,14-15,24H2,1-2H3,(H,25,28);1-2H3,(H,6,7);1-2H3/b10-9+;;/t18-,20+;;/m1../s1. The number of benzene rings is 1. The van der Waals surface area contributed by atoms with Crippen LogP contribution in [0.5, 0.6) is 0 Å². The summed E-state index contributed by atoms with van der Waals surface area (Å²) in [6.45, 7) is 10.9. The molecule has 1 aliphatic rings. The quantitative estimate of drug-likeness (QED) is 0.376. The number of carbonyl (C=O) groups is 3. The number of rotatable bonds is 9. The molecule has 1 aliphatic heterocycles. The number of thiophene rings is 1. The molecule has 0 fully saturated rings. The van der Waals surface area contributed by atoms with Gasteiger partial charge in [0.2, 0.25) is 11.6 Å². The number of para-hydroxylation sites is 1. The molecule has 1 aromatic heterocycles. The summed E-state index contributed by atoms with van der Waals surface area (Å²) >= 11 is 1.60. The van der Waals surface area contributed by atoms with Crippen LogP contribution in [0.1, 0.15) is 58.4 Å². The first-order valence-corrected chi connectivity index (χ1v) is 13.8. The summed E-state index contributed by atoms with van der Waals surface area (Å²) in [7, 11) is 0. The second-order valence-electron chi connectivity index (χ2n) is 9.64. The molecule has 38 heavy (non-hydrogen) atoms. The Balaban J connectivity index is 0.000000696. The molecule has 2 amide bonds. The highest BCUT2D eigenvalue weighted by Crippen LogP contribution is 2.27. The highest BCUT2D eigenvalue weighted by Gasteiger charge is 2.25. The average molecular weight is 548 g/mol. The maximum atomic E-state index is 12.7. The molecule has 2 aromatic rings. The summed E-state index contributed by atoms with van der Waals surface area (Å²) in [6.07, 6.45) is 5.53. The molecule has 4 N–H and O–H groups in total. The van der Waals surface area contributed by atoms with Crippen molar-refractivity contribution >= 4 is 34.8 Å². The molecule has 2 atom stereocenters. The van der Waals surface area contributed by atoms with Crippen LogP contribution in [0.25, 0.3) is 0 Å². The van der Waals surface area contributed by atoms with Crippen LogP contribution in [0.2, 0.25) is 0 Å². The van der Waals surface area contributed by atoms with E-state index in [-0.39, 0.29) is 17.9 Å². The molecular weight excluding hydrogens is 505 g/mol. The number of nitrogens with two attached hydrogens (primary N) is 1. The normalized spacial score (nSPS) is 14.1. The maximum absolute atomic E-state index is 12.7. The van der Waals surface area contributed by atoms with Crippen molar-refractivity contribution in [3.8, 4) is 0 Å². The number of anilines is 1. The first-order chi connectivity index (χ1) is 17.9. The van der Waals surface area contributed by atoms with Crippen LogP contribution < -0.4 is 16.0 Å². The van der Waals surface area contributed by atoms with E-state index in [1.54, 1.807) is 28.4 Å². The van der Waals surface area contributed by atoms with Gasteiger partial charge in [0, 0.05) is 35.6 Å². The third-order valence-corrected chi connectivity index (χ3v) is 6.42. The van der Waals surface area contributed by atoms with Gasteiger partial charge in [-0.25, -0.2) is 9.18 Å². The van der Waals surface area contributed by atoms with Crippen LogP contribution in [-0.2, 0) is 27.2 Å². The second-order valence-corrected chi connectivity index (χ2v) is 10.7. The van der Waals surface area contributed by atoms with Gasteiger partial charge in [0.15, 0.2) is 0 Å². The first kappa shape index (κ1) is 33.0. The lowest BCUT2D eigenvalue weighted by molar-refractivity contribution is -0.148. The smallest absolute Gasteiger partial charge is 0.340 e. The van der Waals surface area contributed by atoms with Crippen molar-refractivity contribution < 1.29 is 23.9 Å². The molecule has 210 valence electrons. The third-order valence-electron chi connectivity index (χ3n) is 5.52. The van der Waals surface area contributed by atoms with Gasteiger partial charge in [-0.05, 0) is 55.7 Å². The van der Waals surface area contributed by atoms with Gasteiger partial charge in [-0.2, -0.15) is 0 Å². The fourth-order valence-electron chi connectivity index (χ4n) is 3.58. The Kier molecular flexibility index (Phi) is 13.9. The van der Waals surface area contributed by atoms with Gasteiger partial charge in [-0.3, -0.25) is 9.59 Å². The number of carboxylic acids is 1. The molecule has 7 nitrogen and oxygen atoms in total. The number of carbonyl (C=O) groups excluding carboxylic acids is 2. The number of nitrogens with zero attached hydrogens (tertiary/aromatic N) is 1. The zero-order valence-corrected chi connectivity index (χ0v) is 24.1. The number of alkyl halides is 1. The van der Waals surface area contributed by atoms with Crippen LogP contribution in [0, 0.1) is 5.92 Å². The molecule has 0 radical (unpaired) electrons. The predicted molar refractivity (Wildman–Crippen MR) is 153 cm³/mol. The zero-order valence-electron chi connectivity index (χ0n) is 23.2. The van der Waals surface area contributed by atoms with Crippen molar-refractivity contribution in [1.82, 2.24) is 5.32 Å². The molecule has 0 saturated heterocycles. The third kappa shape index (κ3) is 11.1. The van der Waals surface area contributed by atoms with Crippen molar-refractivity contribution in [2.24, 2.45) is 11.7 Å². The van der Waals surface area contributed by atoms with E-state index in [0.29, 0.717) is 18.9 Å². The number of halogens is 1. The van der Waals surface area contributed by atoms with E-state index < -0.39 is 17.7 Å². The number of carboxylic acid groups (broad SMARTS) is 1. The Morgan fingerprint density at radius 2 is 1.82 bits per heavy atom. The molecule has 3 rings (SSSR count). The largest absolute Gasteiger partial charge is 0.479 e. The molecule has 0 spiro atoms. The van der Waals surface area contributed by atoms with E-state index >= 15 is 0 Å². The topological polar surface area (TPSA) is 113 Å². The number of hydrogen-bond acceptors (Lipinski definition) is 5. The van der Waals surface area contributed by atoms with Crippen LogP contribution in [0.3, 0.4) is 0 Å². The summed E-state index contributed by atoms with van der Waals surface area (Å²) in [6, 6.07) is 11.1. The van der Waals surface area contributed by atoms with Gasteiger partial charge in [-0.15, -0.1) is 11.3 Å². The van der Waals surface area contributed by atoms with Crippen LogP contribution in [0.15, 0.2) is 53.9 Å². The van der Waals surface area contributed by atoms with Gasteiger partial charge in [0.05, 0.1) is 6.04 Å². The average Bonchev–Trinajstić information content (AvgIpc) is 3.53. The van der Waals surface area contributed by atoms with Crippen molar-refractivity contribution in [2.75, 3.05) is 11.4 Å². The monoisotopic (exact) mass is 547 g/mol. The number of fused-ring (bicyclic) bond motifs is 1. The Labute approximate surface area is 229 Å². The van der Waals surface area contributed by atoms with E-state index in [1.807, 2.05) is 49.6 Å². The fraction of sp³-hybridized carbons (Fsp3) is 0.483. The summed E-state index contributed by atoms with van der Waals surface area (Å²) in [5.74, 6) is -1.29. The number of hydrogen-bond donors (Lipinski definition) is 3. The number of amides is 2. The zero-order chi connectivity index (χ0) is 28.9. The Morgan fingerprint density at radius 3 is 2.37 bits per heavy atom. The van der Waals surface area contributed by atoms with Crippen molar-refractivity contribution in [3.63, 3.8) is 0 Å². The minimum Gasteiger partial charge on any atom is -0.479 e. The van der Waals surface area contributed by atoms with E-state index in [9.17, 15) is 18.8 Å². The fourth-order valence-corrected chi connectivity index (χ4v) is 4.34. The lowest BCUT2D eigenvalue weighted by Crippen LogP contribution is -2.46. The van der Waals surface area contributed by atoms with Gasteiger partial charge in [-0.1, -0.05) is 58.0 Å². The first-order valence-electron chi connectivity index (χ1n) is 13.0. The van der Waals surface area contributed by atoms with E-state index in [1.165, 1.54) is 5.56 Å². The van der Waals surface area contributed by atoms with Crippen molar-refractivity contribution in [2.45, 2.75) is 78.6 Å². The predicted octanol–water partition coefficient (Wildman–Crippen LogP) is 5.14.